The molecule has 0 spiro atoms. The number of amides is 1. The van der Waals surface area contributed by atoms with Crippen molar-refractivity contribution in [3.8, 4) is 0 Å². The Hall–Kier alpha value is -2.70. The molecule has 1 aliphatic rings. The summed E-state index contributed by atoms with van der Waals surface area (Å²) in [5.74, 6) is 0.513. The summed E-state index contributed by atoms with van der Waals surface area (Å²) in [6, 6.07) is 5.99. The van der Waals surface area contributed by atoms with Crippen molar-refractivity contribution in [2.45, 2.75) is 40.2 Å². The highest BCUT2D eigenvalue weighted by Gasteiger charge is 2.22. The van der Waals surface area contributed by atoms with Gasteiger partial charge in [-0.05, 0) is 56.4 Å². The molecule has 144 valence electrons. The minimum atomic E-state index is -0.301. The van der Waals surface area contributed by atoms with E-state index in [0.717, 1.165) is 12.8 Å². The zero-order valence-electron chi connectivity index (χ0n) is 16.0. The number of halogens is 1. The van der Waals surface area contributed by atoms with E-state index in [0.29, 0.717) is 36.0 Å². The van der Waals surface area contributed by atoms with E-state index in [2.05, 4.69) is 17.2 Å². The Morgan fingerprint density at radius 1 is 1.26 bits per heavy atom. The van der Waals surface area contributed by atoms with Crippen LogP contribution in [-0.4, -0.2) is 33.4 Å². The molecular formula is C20H25FN4O2. The van der Waals surface area contributed by atoms with Crippen molar-refractivity contribution in [2.75, 3.05) is 18.4 Å². The third kappa shape index (κ3) is 4.53. The molecule has 1 amide bonds. The molecule has 0 bridgehead atoms. The normalized spacial score (nSPS) is 15.0. The van der Waals surface area contributed by atoms with Crippen LogP contribution in [0.5, 0.6) is 0 Å². The summed E-state index contributed by atoms with van der Waals surface area (Å²) in [6.07, 6.45) is 1.96. The number of nitrogens with one attached hydrogen (secondary N) is 1. The molecular weight excluding hydrogens is 347 g/mol. The summed E-state index contributed by atoms with van der Waals surface area (Å²) >= 11 is 0. The summed E-state index contributed by atoms with van der Waals surface area (Å²) in [5.41, 5.74) is 1.36. The highest BCUT2D eigenvalue weighted by Crippen LogP contribution is 2.19. The second-order valence-corrected chi connectivity index (χ2v) is 7.30. The van der Waals surface area contributed by atoms with Gasteiger partial charge in [0, 0.05) is 30.5 Å². The number of aryl methyl sites for hydroxylation is 2. The van der Waals surface area contributed by atoms with Gasteiger partial charge in [0.25, 0.3) is 5.56 Å². The maximum Gasteiger partial charge on any atom is 0.255 e. The molecule has 0 unspecified atom stereocenters. The van der Waals surface area contributed by atoms with Gasteiger partial charge in [-0.2, -0.15) is 0 Å². The molecule has 2 heterocycles. The number of nitrogens with zero attached hydrogens (tertiary/aromatic N) is 3. The van der Waals surface area contributed by atoms with Gasteiger partial charge >= 0.3 is 0 Å². The third-order valence-electron chi connectivity index (χ3n) is 4.98. The van der Waals surface area contributed by atoms with Gasteiger partial charge in [-0.15, -0.1) is 0 Å². The Labute approximate surface area is 158 Å². The number of aromatic nitrogens is 2. The van der Waals surface area contributed by atoms with E-state index in [1.54, 1.807) is 30.9 Å². The van der Waals surface area contributed by atoms with Crippen molar-refractivity contribution in [3.63, 3.8) is 0 Å². The van der Waals surface area contributed by atoms with Crippen molar-refractivity contribution in [1.29, 1.82) is 0 Å². The van der Waals surface area contributed by atoms with Gasteiger partial charge in [-0.25, -0.2) is 9.37 Å². The highest BCUT2D eigenvalue weighted by atomic mass is 19.1. The van der Waals surface area contributed by atoms with Crippen LogP contribution in [0, 0.1) is 25.6 Å². The van der Waals surface area contributed by atoms with Gasteiger partial charge in [-0.1, -0.05) is 6.92 Å². The standard InChI is InChI=1S/C20H25FN4O2/c1-13-6-8-24(9-7-13)19(27)12-25-18(26)11-15(3)22-20(25)23-16-4-5-17(21)14(2)10-16/h4-5,10-11,13H,6-9,12H2,1-3H3,(H,22,23). The van der Waals surface area contributed by atoms with Gasteiger partial charge in [0.2, 0.25) is 11.9 Å². The first-order valence-electron chi connectivity index (χ1n) is 9.23. The van der Waals surface area contributed by atoms with Crippen LogP contribution in [-0.2, 0) is 11.3 Å². The van der Waals surface area contributed by atoms with Crippen LogP contribution < -0.4 is 10.9 Å². The molecule has 6 nitrogen and oxygen atoms in total. The molecule has 3 rings (SSSR count). The van der Waals surface area contributed by atoms with Gasteiger partial charge in [0.15, 0.2) is 0 Å². The number of piperidine rings is 1. The average molecular weight is 372 g/mol. The molecule has 1 N–H and O–H groups in total. The Morgan fingerprint density at radius 2 is 1.96 bits per heavy atom. The number of carbonyl (C=O) groups is 1. The van der Waals surface area contributed by atoms with Crippen molar-refractivity contribution in [1.82, 2.24) is 14.5 Å². The Bertz CT molecular complexity index is 901. The minimum absolute atomic E-state index is 0.0665. The van der Waals surface area contributed by atoms with Crippen LogP contribution in [0.15, 0.2) is 29.1 Å². The molecule has 27 heavy (non-hydrogen) atoms. The van der Waals surface area contributed by atoms with E-state index < -0.39 is 0 Å². The molecule has 0 atom stereocenters. The fraction of sp³-hybridized carbons (Fsp3) is 0.450. The smallest absolute Gasteiger partial charge is 0.255 e. The highest BCUT2D eigenvalue weighted by molar-refractivity contribution is 5.76. The molecule has 1 aliphatic heterocycles. The third-order valence-corrected chi connectivity index (χ3v) is 4.98. The summed E-state index contributed by atoms with van der Waals surface area (Å²) < 4.78 is 14.8. The molecule has 1 aromatic carbocycles. The first-order chi connectivity index (χ1) is 12.8. The maximum absolute atomic E-state index is 13.5. The quantitative estimate of drug-likeness (QED) is 0.896. The summed E-state index contributed by atoms with van der Waals surface area (Å²) in [6.45, 7) is 6.94. The predicted octanol–water partition coefficient (Wildman–Crippen LogP) is 3.00. The van der Waals surface area contributed by atoms with E-state index in [1.807, 2.05) is 0 Å². The number of likely N-dealkylation sites (tertiary alicyclic amines) is 1. The molecule has 0 radical (unpaired) electrons. The van der Waals surface area contributed by atoms with Gasteiger partial charge < -0.3 is 10.2 Å². The summed E-state index contributed by atoms with van der Waals surface area (Å²) in [4.78, 5) is 31.4. The second kappa shape index (κ2) is 7.90. The van der Waals surface area contributed by atoms with Crippen LogP contribution in [0.25, 0.3) is 0 Å². The topological polar surface area (TPSA) is 67.2 Å². The van der Waals surface area contributed by atoms with Crippen LogP contribution in [0.3, 0.4) is 0 Å². The van der Waals surface area contributed by atoms with Crippen molar-refractivity contribution in [3.05, 3.63) is 51.7 Å². The number of hydrogen-bond donors (Lipinski definition) is 1. The van der Waals surface area contributed by atoms with E-state index in [1.165, 1.54) is 16.7 Å². The largest absolute Gasteiger partial charge is 0.341 e. The first kappa shape index (κ1) is 19.1. The van der Waals surface area contributed by atoms with Crippen LogP contribution in [0.1, 0.15) is 31.0 Å². The van der Waals surface area contributed by atoms with Gasteiger partial charge in [0.1, 0.15) is 12.4 Å². The van der Waals surface area contributed by atoms with Crippen molar-refractivity contribution in [2.24, 2.45) is 5.92 Å². The average Bonchev–Trinajstić information content (AvgIpc) is 2.61. The first-order valence-corrected chi connectivity index (χ1v) is 9.23. The van der Waals surface area contributed by atoms with Gasteiger partial charge in [-0.3, -0.25) is 14.2 Å². The zero-order chi connectivity index (χ0) is 19.6. The Morgan fingerprint density at radius 3 is 2.63 bits per heavy atom. The monoisotopic (exact) mass is 372 g/mol. The molecule has 7 heteroatoms. The molecule has 1 aromatic heterocycles. The molecule has 1 fully saturated rings. The lowest BCUT2D eigenvalue weighted by molar-refractivity contribution is -0.133. The number of rotatable bonds is 4. The Balaban J connectivity index is 1.85. The maximum atomic E-state index is 13.5. The molecule has 1 saturated heterocycles. The van der Waals surface area contributed by atoms with E-state index in [4.69, 9.17) is 0 Å². The van der Waals surface area contributed by atoms with Gasteiger partial charge in [0.05, 0.1) is 0 Å². The number of carbonyl (C=O) groups excluding carboxylic acids is 1. The lowest BCUT2D eigenvalue weighted by Crippen LogP contribution is -2.41. The van der Waals surface area contributed by atoms with E-state index in [9.17, 15) is 14.0 Å². The predicted molar refractivity (Wildman–Crippen MR) is 103 cm³/mol. The summed E-state index contributed by atoms with van der Waals surface area (Å²) in [5, 5.41) is 3.05. The number of anilines is 2. The summed E-state index contributed by atoms with van der Waals surface area (Å²) in [7, 11) is 0. The van der Waals surface area contributed by atoms with Crippen molar-refractivity contribution >= 4 is 17.5 Å². The van der Waals surface area contributed by atoms with E-state index >= 15 is 0 Å². The fourth-order valence-electron chi connectivity index (χ4n) is 3.21. The van der Waals surface area contributed by atoms with Crippen LogP contribution in [0.2, 0.25) is 0 Å². The molecule has 0 aliphatic carbocycles. The molecule has 0 saturated carbocycles. The van der Waals surface area contributed by atoms with Crippen LogP contribution >= 0.6 is 0 Å². The van der Waals surface area contributed by atoms with E-state index in [-0.39, 0.29) is 29.8 Å². The minimum Gasteiger partial charge on any atom is -0.341 e. The SMILES string of the molecule is Cc1cc(=O)n(CC(=O)N2CCC(C)CC2)c(Nc2ccc(F)c(C)c2)n1. The van der Waals surface area contributed by atoms with Crippen molar-refractivity contribution < 1.29 is 9.18 Å². The number of benzene rings is 1. The molecule has 2 aromatic rings. The second-order valence-electron chi connectivity index (χ2n) is 7.30. The lowest BCUT2D eigenvalue weighted by Gasteiger charge is -2.30. The number of hydrogen-bond acceptors (Lipinski definition) is 4. The van der Waals surface area contributed by atoms with Crippen LogP contribution in [0.4, 0.5) is 16.0 Å². The lowest BCUT2D eigenvalue weighted by atomic mass is 9.99. The zero-order valence-corrected chi connectivity index (χ0v) is 16.0. The Kier molecular flexibility index (Phi) is 5.58. The fourth-order valence-corrected chi connectivity index (χ4v) is 3.21.